The number of halogens is 5. The molecule has 0 aliphatic carbocycles. The van der Waals surface area contributed by atoms with Gasteiger partial charge >= 0.3 is 6.18 Å². The fraction of sp³-hybridized carbons (Fsp3) is 0.214. The lowest BCUT2D eigenvalue weighted by Crippen LogP contribution is -2.12. The molecule has 0 saturated heterocycles. The van der Waals surface area contributed by atoms with Crippen LogP contribution in [0, 0.1) is 11.6 Å². The summed E-state index contributed by atoms with van der Waals surface area (Å²) in [6.45, 7) is 0. The minimum atomic E-state index is -4.80. The van der Waals surface area contributed by atoms with Crippen LogP contribution >= 0.6 is 11.3 Å². The second-order valence-corrected chi connectivity index (χ2v) is 5.75. The average molecular weight is 332 g/mol. The Morgan fingerprint density at radius 2 is 1.86 bits per heavy atom. The summed E-state index contributed by atoms with van der Waals surface area (Å²) in [5.41, 5.74) is 0.953. The molecule has 1 aromatic carbocycles. The number of benzene rings is 1. The van der Waals surface area contributed by atoms with Crippen LogP contribution in [0.15, 0.2) is 34.7 Å². The van der Waals surface area contributed by atoms with Gasteiger partial charge in [0, 0.05) is 11.3 Å². The number of hydrogen-bond donors (Lipinski definition) is 1. The largest absolute Gasteiger partial charge is 0.416 e. The Hall–Kier alpha value is -1.96. The first-order valence-electron chi connectivity index (χ1n) is 6.28. The number of alkyl halides is 3. The van der Waals surface area contributed by atoms with E-state index in [1.165, 1.54) is 11.3 Å². The molecule has 1 N–H and O–H groups in total. The normalized spacial score (nSPS) is 18.2. The second-order valence-electron chi connectivity index (χ2n) is 4.77. The van der Waals surface area contributed by atoms with Crippen molar-refractivity contribution in [1.29, 1.82) is 0 Å². The highest BCUT2D eigenvalue weighted by Crippen LogP contribution is 2.34. The van der Waals surface area contributed by atoms with Crippen molar-refractivity contribution < 1.29 is 22.0 Å². The maximum Gasteiger partial charge on any atom is 0.416 e. The fourth-order valence-corrected chi connectivity index (χ4v) is 3.04. The molecule has 2 heterocycles. The zero-order valence-corrected chi connectivity index (χ0v) is 11.7. The zero-order chi connectivity index (χ0) is 15.9. The first kappa shape index (κ1) is 15.0. The van der Waals surface area contributed by atoms with Gasteiger partial charge in [-0.2, -0.15) is 18.3 Å². The Kier molecular flexibility index (Phi) is 3.64. The molecular formula is C14H9F5N2S. The molecule has 0 fully saturated rings. The van der Waals surface area contributed by atoms with E-state index >= 15 is 0 Å². The van der Waals surface area contributed by atoms with E-state index in [0.717, 1.165) is 4.88 Å². The Morgan fingerprint density at radius 1 is 1.18 bits per heavy atom. The van der Waals surface area contributed by atoms with E-state index in [0.29, 0.717) is 12.1 Å². The topological polar surface area (TPSA) is 24.4 Å². The van der Waals surface area contributed by atoms with Gasteiger partial charge in [-0.25, -0.2) is 8.78 Å². The number of hydrazone groups is 1. The van der Waals surface area contributed by atoms with E-state index in [1.807, 2.05) is 17.5 Å². The van der Waals surface area contributed by atoms with Gasteiger partial charge in [0.05, 0.1) is 22.9 Å². The fourth-order valence-electron chi connectivity index (χ4n) is 2.26. The van der Waals surface area contributed by atoms with Crippen LogP contribution in [0.2, 0.25) is 0 Å². The minimum absolute atomic E-state index is 0.0714. The van der Waals surface area contributed by atoms with E-state index in [2.05, 4.69) is 10.5 Å². The monoisotopic (exact) mass is 332 g/mol. The molecule has 2 nitrogen and oxygen atoms in total. The lowest BCUT2D eigenvalue weighted by Gasteiger charge is -2.11. The molecule has 1 atom stereocenters. The molecule has 0 spiro atoms. The summed E-state index contributed by atoms with van der Waals surface area (Å²) < 4.78 is 65.4. The van der Waals surface area contributed by atoms with Gasteiger partial charge in [0.2, 0.25) is 0 Å². The highest BCUT2D eigenvalue weighted by atomic mass is 32.1. The van der Waals surface area contributed by atoms with Crippen LogP contribution in [0.5, 0.6) is 0 Å². The van der Waals surface area contributed by atoms with Crippen molar-refractivity contribution >= 4 is 17.0 Å². The molecule has 1 aliphatic heterocycles. The number of hydrogen-bond acceptors (Lipinski definition) is 3. The van der Waals surface area contributed by atoms with Crippen LogP contribution in [0.3, 0.4) is 0 Å². The summed E-state index contributed by atoms with van der Waals surface area (Å²) >= 11 is 1.46. The molecule has 2 aromatic rings. The standard InChI is InChI=1S/C14H9F5N2S/c15-8-4-7(14(17,18)19)5-9(16)13(8)11-6-10(20-21-11)12-2-1-3-22-12/h1-5,10,20H,6H2. The molecule has 116 valence electrons. The smallest absolute Gasteiger partial charge is 0.301 e. The molecule has 0 saturated carbocycles. The Bertz CT molecular complexity index is 698. The molecule has 0 bridgehead atoms. The quantitative estimate of drug-likeness (QED) is 0.806. The van der Waals surface area contributed by atoms with Crippen LogP contribution in [0.4, 0.5) is 22.0 Å². The van der Waals surface area contributed by atoms with Gasteiger partial charge in [0.25, 0.3) is 0 Å². The van der Waals surface area contributed by atoms with Crippen molar-refractivity contribution in [3.05, 3.63) is 57.3 Å². The van der Waals surface area contributed by atoms with Crippen molar-refractivity contribution in [2.75, 3.05) is 0 Å². The van der Waals surface area contributed by atoms with E-state index in [4.69, 9.17) is 0 Å². The Morgan fingerprint density at radius 3 is 2.41 bits per heavy atom. The van der Waals surface area contributed by atoms with Gasteiger partial charge in [-0.3, -0.25) is 0 Å². The van der Waals surface area contributed by atoms with E-state index in [9.17, 15) is 22.0 Å². The maximum atomic E-state index is 13.9. The van der Waals surface area contributed by atoms with Gasteiger partial charge in [0.15, 0.2) is 0 Å². The molecule has 1 unspecified atom stereocenters. The van der Waals surface area contributed by atoms with Gasteiger partial charge in [0.1, 0.15) is 11.6 Å². The summed E-state index contributed by atoms with van der Waals surface area (Å²) in [6.07, 6.45) is -4.59. The predicted octanol–water partition coefficient (Wildman–Crippen LogP) is 4.48. The van der Waals surface area contributed by atoms with Crippen molar-refractivity contribution in [2.45, 2.75) is 18.6 Å². The lowest BCUT2D eigenvalue weighted by atomic mass is 10.0. The summed E-state index contributed by atoms with van der Waals surface area (Å²) in [5, 5.41) is 5.72. The molecule has 3 rings (SSSR count). The summed E-state index contributed by atoms with van der Waals surface area (Å²) in [6, 6.07) is 4.04. The molecule has 1 aromatic heterocycles. The molecule has 0 amide bonds. The third-order valence-electron chi connectivity index (χ3n) is 3.30. The molecule has 1 aliphatic rings. The van der Waals surface area contributed by atoms with Crippen molar-refractivity contribution in [3.63, 3.8) is 0 Å². The van der Waals surface area contributed by atoms with Gasteiger partial charge in [-0.1, -0.05) is 6.07 Å². The number of nitrogens with zero attached hydrogens (tertiary/aromatic N) is 1. The lowest BCUT2D eigenvalue weighted by molar-refractivity contribution is -0.138. The highest BCUT2D eigenvalue weighted by Gasteiger charge is 2.34. The minimum Gasteiger partial charge on any atom is -0.301 e. The second kappa shape index (κ2) is 5.35. The zero-order valence-electron chi connectivity index (χ0n) is 10.9. The molecule has 22 heavy (non-hydrogen) atoms. The van der Waals surface area contributed by atoms with Gasteiger partial charge < -0.3 is 5.43 Å². The highest BCUT2D eigenvalue weighted by molar-refractivity contribution is 7.10. The van der Waals surface area contributed by atoms with Crippen LogP contribution in [-0.4, -0.2) is 5.71 Å². The Balaban J connectivity index is 1.90. The van der Waals surface area contributed by atoms with Crippen molar-refractivity contribution in [3.8, 4) is 0 Å². The van der Waals surface area contributed by atoms with Gasteiger partial charge in [-0.15, -0.1) is 11.3 Å². The third-order valence-corrected chi connectivity index (χ3v) is 4.28. The summed E-state index contributed by atoms with van der Waals surface area (Å²) in [4.78, 5) is 0.937. The summed E-state index contributed by atoms with van der Waals surface area (Å²) in [5.74, 6) is -2.53. The van der Waals surface area contributed by atoms with E-state index in [1.54, 1.807) is 0 Å². The van der Waals surface area contributed by atoms with Gasteiger partial charge in [-0.05, 0) is 23.6 Å². The molecule has 0 radical (unpaired) electrons. The maximum absolute atomic E-state index is 13.9. The number of thiophene rings is 1. The van der Waals surface area contributed by atoms with Crippen molar-refractivity contribution in [2.24, 2.45) is 5.10 Å². The molecular weight excluding hydrogens is 323 g/mol. The first-order valence-corrected chi connectivity index (χ1v) is 7.16. The van der Waals surface area contributed by atoms with Crippen molar-refractivity contribution in [1.82, 2.24) is 5.43 Å². The Labute approximate surface area is 126 Å². The average Bonchev–Trinajstić information content (AvgIpc) is 3.07. The molecule has 8 heteroatoms. The van der Waals surface area contributed by atoms with Crippen LogP contribution in [0.1, 0.15) is 28.5 Å². The first-order chi connectivity index (χ1) is 10.4. The SMILES string of the molecule is Fc1cc(C(F)(F)F)cc(F)c1C1=NNC(c2cccs2)C1. The van der Waals surface area contributed by atoms with Crippen LogP contribution in [-0.2, 0) is 6.18 Å². The van der Waals surface area contributed by atoms with Crippen LogP contribution in [0.25, 0.3) is 0 Å². The van der Waals surface area contributed by atoms with E-state index in [-0.39, 0.29) is 18.2 Å². The summed E-state index contributed by atoms with van der Waals surface area (Å²) in [7, 11) is 0. The number of rotatable bonds is 2. The van der Waals surface area contributed by atoms with Crippen LogP contribution < -0.4 is 5.43 Å². The predicted molar refractivity (Wildman–Crippen MR) is 72.7 cm³/mol. The number of nitrogens with one attached hydrogen (secondary N) is 1. The van der Waals surface area contributed by atoms with E-state index < -0.39 is 28.9 Å². The third kappa shape index (κ3) is 2.70.